The quantitative estimate of drug-likeness (QED) is 0.0332. The number of aromatic nitrogens is 4. The molecule has 2 heterocycles. The lowest BCUT2D eigenvalue weighted by Crippen LogP contribution is -2.56. The fourth-order valence-electron chi connectivity index (χ4n) is 9.61. The number of anilines is 1. The van der Waals surface area contributed by atoms with Crippen LogP contribution in [0.25, 0.3) is 11.2 Å². The number of nitrogens with one attached hydrogen (secondary N) is 1. The Morgan fingerprint density at radius 1 is 0.708 bits per heavy atom. The number of aliphatic hydroxyl groups is 1. The van der Waals surface area contributed by atoms with Gasteiger partial charge in [-0.1, -0.05) is 132 Å². The van der Waals surface area contributed by atoms with E-state index in [0.29, 0.717) is 17.1 Å². The van der Waals surface area contributed by atoms with Gasteiger partial charge in [-0.2, -0.15) is 8.42 Å². The van der Waals surface area contributed by atoms with E-state index in [9.17, 15) is 18.3 Å². The fraction of sp³-hybridized carbons (Fsp3) is 0.345. The van der Waals surface area contributed by atoms with Crippen molar-refractivity contribution in [2.75, 3.05) is 46.0 Å². The number of ether oxygens (including phenoxy) is 4. The molecule has 0 aliphatic rings. The Balaban J connectivity index is 1.41. The molecule has 17 heteroatoms. The summed E-state index contributed by atoms with van der Waals surface area (Å²) in [4.78, 5) is 26.9. The third-order valence-electron chi connectivity index (χ3n) is 13.3. The summed E-state index contributed by atoms with van der Waals surface area (Å²) in [6.07, 6.45) is 1.29. The second-order valence-electron chi connectivity index (χ2n) is 18.7. The summed E-state index contributed by atoms with van der Waals surface area (Å²) in [7, 11) is -3.93. The predicted octanol–water partition coefficient (Wildman–Crippen LogP) is 10.3. The van der Waals surface area contributed by atoms with E-state index in [1.807, 2.05) is 91.9 Å². The lowest BCUT2D eigenvalue weighted by molar-refractivity contribution is -0.208. The van der Waals surface area contributed by atoms with Crippen LogP contribution in [0.3, 0.4) is 0 Å². The summed E-state index contributed by atoms with van der Waals surface area (Å²) in [5, 5.41) is 15.0. The number of amides is 1. The van der Waals surface area contributed by atoms with E-state index in [1.54, 1.807) is 50.6 Å². The van der Waals surface area contributed by atoms with Crippen LogP contribution in [0.2, 0.25) is 16.6 Å². The average molecular weight is 1020 g/mol. The Morgan fingerprint density at radius 3 is 1.78 bits per heavy atom. The highest BCUT2D eigenvalue weighted by Crippen LogP contribution is 2.46. The van der Waals surface area contributed by atoms with Gasteiger partial charge in [0, 0.05) is 5.56 Å². The van der Waals surface area contributed by atoms with Crippen molar-refractivity contribution < 1.29 is 45.9 Å². The van der Waals surface area contributed by atoms with Crippen molar-refractivity contribution in [1.82, 2.24) is 19.5 Å². The highest BCUT2D eigenvalue weighted by atomic mass is 32.2. The zero-order chi connectivity index (χ0) is 51.7. The molecule has 0 saturated heterocycles. The van der Waals surface area contributed by atoms with Gasteiger partial charge in [0.1, 0.15) is 35.6 Å². The lowest BCUT2D eigenvalue weighted by Gasteiger charge is -2.46. The molecule has 0 fully saturated rings. The maximum Gasteiger partial charge on any atom is 0.297 e. The van der Waals surface area contributed by atoms with Gasteiger partial charge in [0.15, 0.2) is 31.5 Å². The Morgan fingerprint density at radius 2 is 1.25 bits per heavy atom. The van der Waals surface area contributed by atoms with Crippen LogP contribution in [0.15, 0.2) is 151 Å². The Labute approximate surface area is 423 Å². The number of imidazole rings is 1. The van der Waals surface area contributed by atoms with Crippen LogP contribution in [0.5, 0.6) is 11.5 Å². The van der Waals surface area contributed by atoms with Crippen molar-refractivity contribution in [2.45, 2.75) is 87.4 Å². The van der Waals surface area contributed by atoms with E-state index in [-0.39, 0.29) is 51.7 Å². The van der Waals surface area contributed by atoms with Crippen LogP contribution < -0.4 is 14.8 Å². The second-order valence-corrected chi connectivity index (χ2v) is 25.8. The molecule has 7 aromatic rings. The monoisotopic (exact) mass is 1020 g/mol. The van der Waals surface area contributed by atoms with Crippen LogP contribution in [-0.4, -0.2) is 93.5 Å². The Hall–Kier alpha value is -6.31. The minimum Gasteiger partial charge on any atom is -0.497 e. The lowest BCUT2D eigenvalue weighted by atomic mass is 9.79. The number of methoxy groups -OCH3 is 2. The fourth-order valence-corrected chi connectivity index (χ4v) is 16.0. The summed E-state index contributed by atoms with van der Waals surface area (Å²) >= 11 is 0. The predicted molar refractivity (Wildman–Crippen MR) is 279 cm³/mol. The SMILES string of the molecule is COc1ccc(C(OC[C@@](CO)(CO[Si](C(C)C)(C(C)C)C(C)C)O[C@H](COS(=O)(=O)c2ccc(C)cc2)n2cnc3c(NC(=O)c4ccccc4)ncnc32)(c2ccccc2)c2ccc(OC)cc2)cc1. The number of aliphatic hydroxyl groups excluding tert-OH is 1. The molecule has 15 nitrogen and oxygen atoms in total. The number of benzene rings is 5. The van der Waals surface area contributed by atoms with Gasteiger partial charge < -0.3 is 33.8 Å². The third kappa shape index (κ3) is 11.3. The summed E-state index contributed by atoms with van der Waals surface area (Å²) in [5.41, 5.74) is 1.12. The average Bonchev–Trinajstić information content (AvgIpc) is 3.83. The number of carbonyl (C=O) groups is 1. The zero-order valence-electron chi connectivity index (χ0n) is 42.3. The van der Waals surface area contributed by atoms with Gasteiger partial charge in [-0.15, -0.1) is 0 Å². The second kappa shape index (κ2) is 23.1. The van der Waals surface area contributed by atoms with E-state index < -0.39 is 55.0 Å². The van der Waals surface area contributed by atoms with Crippen molar-refractivity contribution in [2.24, 2.45) is 0 Å². The number of aryl methyl sites for hydroxylation is 1. The van der Waals surface area contributed by atoms with Gasteiger partial charge >= 0.3 is 0 Å². The van der Waals surface area contributed by atoms with Crippen molar-refractivity contribution in [3.8, 4) is 11.5 Å². The molecular formula is C55H65N5O10SSi. The first kappa shape index (κ1) is 53.5. The van der Waals surface area contributed by atoms with Gasteiger partial charge in [0.2, 0.25) is 0 Å². The molecule has 2 aromatic heterocycles. The molecule has 380 valence electrons. The Kier molecular flexibility index (Phi) is 17.1. The highest BCUT2D eigenvalue weighted by Gasteiger charge is 2.49. The zero-order valence-corrected chi connectivity index (χ0v) is 44.1. The first-order valence-electron chi connectivity index (χ1n) is 23.9. The van der Waals surface area contributed by atoms with E-state index in [0.717, 1.165) is 22.3 Å². The van der Waals surface area contributed by atoms with E-state index in [2.05, 4.69) is 61.8 Å². The topological polar surface area (TPSA) is 182 Å². The molecule has 0 unspecified atom stereocenters. The molecule has 0 spiro atoms. The molecule has 72 heavy (non-hydrogen) atoms. The number of rotatable bonds is 24. The van der Waals surface area contributed by atoms with E-state index >= 15 is 0 Å². The van der Waals surface area contributed by atoms with Gasteiger partial charge in [-0.3, -0.25) is 13.5 Å². The summed E-state index contributed by atoms with van der Waals surface area (Å²) in [5.74, 6) is 0.948. The molecule has 7 rings (SSSR count). The maximum absolute atomic E-state index is 14.0. The molecule has 1 amide bonds. The number of nitrogens with zero attached hydrogens (tertiary/aromatic N) is 4. The summed E-state index contributed by atoms with van der Waals surface area (Å²) in [6.45, 7) is 13.0. The molecular weight excluding hydrogens is 951 g/mol. The molecule has 0 radical (unpaired) electrons. The molecule has 5 aromatic carbocycles. The van der Waals surface area contributed by atoms with Crippen molar-refractivity contribution in [3.05, 3.63) is 174 Å². The first-order chi connectivity index (χ1) is 34.5. The number of hydrogen-bond donors (Lipinski definition) is 2. The van der Waals surface area contributed by atoms with Crippen LogP contribution in [-0.2, 0) is 33.8 Å². The minimum absolute atomic E-state index is 0.0659. The van der Waals surface area contributed by atoms with Gasteiger partial charge in [-0.05, 0) is 88.8 Å². The van der Waals surface area contributed by atoms with Gasteiger partial charge in [0.25, 0.3) is 16.0 Å². The van der Waals surface area contributed by atoms with Crippen LogP contribution in [0.4, 0.5) is 5.82 Å². The van der Waals surface area contributed by atoms with Gasteiger partial charge in [-0.25, -0.2) is 15.0 Å². The molecule has 2 N–H and O–H groups in total. The number of carbonyl (C=O) groups excluding carboxylic acids is 1. The normalized spacial score (nSPS) is 13.6. The van der Waals surface area contributed by atoms with Crippen LogP contribution in [0.1, 0.15) is 80.4 Å². The van der Waals surface area contributed by atoms with E-state index in [4.69, 9.17) is 27.6 Å². The van der Waals surface area contributed by atoms with Crippen molar-refractivity contribution in [1.29, 1.82) is 0 Å². The molecule has 0 aliphatic heterocycles. The minimum atomic E-state index is -4.40. The highest BCUT2D eigenvalue weighted by molar-refractivity contribution is 7.86. The number of fused-ring (bicyclic) bond motifs is 1. The number of hydrogen-bond acceptors (Lipinski definition) is 13. The standard InChI is InChI=1S/C55H65N5O10SSi/c1-38(2)72(39(3)4,40(5)6)69-35-54(33-61,34-67-55(43-18-14-11-15-19-43,44-22-26-46(65-8)27-23-44)45-24-28-47(66-9)29-25-45)70-49(32-68-71(63,64)48-30-20-41(7)21-31-48)60-37-58-50-51(56-36-57-52(50)60)59-53(62)42-16-12-10-13-17-42/h10-31,36-40,49,61H,32-35H2,1-9H3,(H,56,57,59,62)/t49-,54+/m1/s1. The summed E-state index contributed by atoms with van der Waals surface area (Å²) < 4.78 is 68.8. The van der Waals surface area contributed by atoms with Crippen molar-refractivity contribution >= 4 is 41.3 Å². The summed E-state index contributed by atoms with van der Waals surface area (Å²) in [6, 6.07) is 39.8. The molecule has 0 bridgehead atoms. The van der Waals surface area contributed by atoms with E-state index in [1.165, 1.54) is 29.4 Å². The largest absolute Gasteiger partial charge is 0.497 e. The molecule has 0 aliphatic carbocycles. The van der Waals surface area contributed by atoms with Crippen molar-refractivity contribution in [3.63, 3.8) is 0 Å². The van der Waals surface area contributed by atoms with Gasteiger partial charge in [0.05, 0.1) is 45.3 Å². The smallest absolute Gasteiger partial charge is 0.297 e. The Bertz CT molecular complexity index is 2910. The molecule has 2 atom stereocenters. The first-order valence-corrected chi connectivity index (χ1v) is 27.5. The van der Waals surface area contributed by atoms with Crippen LogP contribution >= 0.6 is 0 Å². The maximum atomic E-state index is 14.0. The third-order valence-corrected chi connectivity index (χ3v) is 20.7. The molecule has 0 saturated carbocycles. The van der Waals surface area contributed by atoms with Crippen LogP contribution in [0, 0.1) is 6.92 Å².